The number of carbonyl (C=O) groups excluding carboxylic acids is 1. The minimum Gasteiger partial charge on any atom is -0.501 e. The van der Waals surface area contributed by atoms with Crippen molar-refractivity contribution in [1.82, 2.24) is 14.5 Å². The molecular weight excluding hydrogens is 378 g/mol. The summed E-state index contributed by atoms with van der Waals surface area (Å²) in [6, 6.07) is 4.53. The van der Waals surface area contributed by atoms with Gasteiger partial charge in [-0.25, -0.2) is 0 Å². The molecule has 2 aromatic rings. The number of aryl methyl sites for hydroxylation is 2. The van der Waals surface area contributed by atoms with Gasteiger partial charge in [0, 0.05) is 31.5 Å². The Morgan fingerprint density at radius 1 is 1.13 bits per heavy atom. The molecule has 1 aromatic carbocycles. The molecule has 0 radical (unpaired) electrons. The van der Waals surface area contributed by atoms with Crippen molar-refractivity contribution in [2.45, 2.75) is 77.8 Å². The van der Waals surface area contributed by atoms with E-state index >= 15 is 0 Å². The number of fused-ring (bicyclic) bond motifs is 1. The normalized spacial score (nSPS) is 20.5. The molecule has 30 heavy (non-hydrogen) atoms. The summed E-state index contributed by atoms with van der Waals surface area (Å²) in [5.41, 5.74) is 4.43. The van der Waals surface area contributed by atoms with Gasteiger partial charge in [-0.1, -0.05) is 25.0 Å². The zero-order valence-electron chi connectivity index (χ0n) is 18.6. The van der Waals surface area contributed by atoms with Crippen LogP contribution < -0.4 is 5.56 Å². The molecule has 6 nitrogen and oxygen atoms in total. The molecule has 1 aliphatic heterocycles. The summed E-state index contributed by atoms with van der Waals surface area (Å²) in [7, 11) is 1.71. The average Bonchev–Trinajstić information content (AvgIpc) is 3.17. The topological polar surface area (TPSA) is 75.4 Å². The van der Waals surface area contributed by atoms with Crippen LogP contribution in [0.3, 0.4) is 0 Å². The van der Waals surface area contributed by atoms with Crippen molar-refractivity contribution in [1.29, 1.82) is 0 Å². The second-order valence-corrected chi connectivity index (χ2v) is 9.31. The van der Waals surface area contributed by atoms with E-state index in [-0.39, 0.29) is 23.1 Å². The number of benzene rings is 1. The lowest BCUT2D eigenvalue weighted by atomic mass is 9.74. The summed E-state index contributed by atoms with van der Waals surface area (Å²) in [4.78, 5) is 31.2. The van der Waals surface area contributed by atoms with E-state index in [9.17, 15) is 14.7 Å². The molecular formula is C24H31N3O3. The van der Waals surface area contributed by atoms with E-state index < -0.39 is 11.3 Å². The zero-order chi connectivity index (χ0) is 21.8. The summed E-state index contributed by atoms with van der Waals surface area (Å²) in [6.45, 7) is 8.94. The van der Waals surface area contributed by atoms with Crippen LogP contribution in [0.25, 0.3) is 0 Å². The van der Waals surface area contributed by atoms with Crippen LogP contribution >= 0.6 is 0 Å². The van der Waals surface area contributed by atoms with E-state index in [0.29, 0.717) is 18.8 Å². The highest BCUT2D eigenvalue weighted by Gasteiger charge is 2.40. The van der Waals surface area contributed by atoms with Crippen molar-refractivity contribution in [2.75, 3.05) is 7.05 Å². The number of aromatic hydroxyl groups is 1. The van der Waals surface area contributed by atoms with Crippen LogP contribution in [0.5, 0.6) is 5.75 Å². The monoisotopic (exact) mass is 409 g/mol. The lowest BCUT2D eigenvalue weighted by Crippen LogP contribution is -2.47. The van der Waals surface area contributed by atoms with Crippen LogP contribution in [0, 0.1) is 20.8 Å². The molecule has 1 aliphatic carbocycles. The summed E-state index contributed by atoms with van der Waals surface area (Å²) >= 11 is 0. The Labute approximate surface area is 177 Å². The first kappa shape index (κ1) is 20.6. The van der Waals surface area contributed by atoms with E-state index in [1.807, 2.05) is 6.92 Å². The molecule has 1 amide bonds. The molecule has 1 saturated carbocycles. The fourth-order valence-corrected chi connectivity index (χ4v) is 5.15. The molecule has 2 aliphatic rings. The van der Waals surface area contributed by atoms with Crippen LogP contribution in [0.1, 0.15) is 71.2 Å². The first-order chi connectivity index (χ1) is 14.1. The van der Waals surface area contributed by atoms with Crippen molar-refractivity contribution >= 4 is 5.91 Å². The van der Waals surface area contributed by atoms with Gasteiger partial charge in [-0.2, -0.15) is 4.98 Å². The highest BCUT2D eigenvalue weighted by Crippen LogP contribution is 2.44. The molecule has 6 heteroatoms. The van der Waals surface area contributed by atoms with Crippen LogP contribution in [0.4, 0.5) is 0 Å². The molecule has 1 aromatic heterocycles. The highest BCUT2D eigenvalue weighted by molar-refractivity contribution is 5.95. The van der Waals surface area contributed by atoms with E-state index in [0.717, 1.165) is 25.7 Å². The summed E-state index contributed by atoms with van der Waals surface area (Å²) in [5.74, 6) is -0.252. The highest BCUT2D eigenvalue weighted by atomic mass is 16.3. The molecule has 1 fully saturated rings. The Hall–Kier alpha value is -2.63. The van der Waals surface area contributed by atoms with Gasteiger partial charge in [-0.3, -0.25) is 9.59 Å². The van der Waals surface area contributed by atoms with Crippen molar-refractivity contribution in [3.8, 4) is 5.75 Å². The van der Waals surface area contributed by atoms with Gasteiger partial charge < -0.3 is 14.6 Å². The smallest absolute Gasteiger partial charge is 0.315 e. The van der Waals surface area contributed by atoms with E-state index in [1.54, 1.807) is 16.5 Å². The number of carbonyl (C=O) groups is 1. The van der Waals surface area contributed by atoms with Crippen molar-refractivity contribution in [2.24, 2.45) is 0 Å². The zero-order valence-corrected chi connectivity index (χ0v) is 18.6. The lowest BCUT2D eigenvalue weighted by Gasteiger charge is -2.36. The third kappa shape index (κ3) is 3.13. The second-order valence-electron chi connectivity index (χ2n) is 9.31. The third-order valence-corrected chi connectivity index (χ3v) is 7.47. The lowest BCUT2D eigenvalue weighted by molar-refractivity contribution is 0.0660. The SMILES string of the molecule is Cc1cc(C2(Cc3nc(=O)c(O)c4n3C[C@H](C)N(C)C4=O)CCCC2)cc(C)c1C. The standard InChI is InChI=1S/C24H31N3O3/c1-14-10-18(11-15(2)17(14)4)24(8-6-7-9-24)12-19-25-22(29)21(28)20-23(30)26(5)16(3)13-27(19)20/h10-11,16,28H,6-9,12-13H2,1-5H3/t16-/m0/s1. The van der Waals surface area contributed by atoms with Gasteiger partial charge in [-0.05, 0) is 62.8 Å². The molecule has 0 bridgehead atoms. The quantitative estimate of drug-likeness (QED) is 0.843. The van der Waals surface area contributed by atoms with E-state index in [1.165, 1.54) is 22.3 Å². The Morgan fingerprint density at radius 3 is 2.33 bits per heavy atom. The van der Waals surface area contributed by atoms with Gasteiger partial charge in [0.05, 0.1) is 0 Å². The first-order valence-electron chi connectivity index (χ1n) is 10.8. The van der Waals surface area contributed by atoms with Gasteiger partial charge in [0.25, 0.3) is 5.91 Å². The van der Waals surface area contributed by atoms with Crippen LogP contribution in [-0.2, 0) is 18.4 Å². The largest absolute Gasteiger partial charge is 0.501 e. The maximum absolute atomic E-state index is 12.8. The minimum absolute atomic E-state index is 0.0316. The number of rotatable bonds is 3. The minimum atomic E-state index is -0.711. The first-order valence-corrected chi connectivity index (χ1v) is 10.8. The predicted octanol–water partition coefficient (Wildman–Crippen LogP) is 3.40. The van der Waals surface area contributed by atoms with Gasteiger partial charge in [0.15, 0.2) is 5.69 Å². The van der Waals surface area contributed by atoms with Gasteiger partial charge in [0.1, 0.15) is 5.82 Å². The molecule has 2 heterocycles. The van der Waals surface area contributed by atoms with E-state index in [2.05, 4.69) is 37.9 Å². The molecule has 0 spiro atoms. The van der Waals surface area contributed by atoms with Gasteiger partial charge in [0.2, 0.25) is 5.75 Å². The van der Waals surface area contributed by atoms with Gasteiger partial charge in [-0.15, -0.1) is 0 Å². The summed E-state index contributed by atoms with van der Waals surface area (Å²) < 4.78 is 1.79. The fraction of sp³-hybridized carbons (Fsp3) is 0.542. The maximum Gasteiger partial charge on any atom is 0.315 e. The number of aromatic nitrogens is 2. The number of amides is 1. The Kier molecular flexibility index (Phi) is 4.99. The summed E-state index contributed by atoms with van der Waals surface area (Å²) in [6.07, 6.45) is 4.94. The second kappa shape index (κ2) is 7.25. The number of nitrogens with zero attached hydrogens (tertiary/aromatic N) is 3. The number of likely N-dealkylation sites (N-methyl/N-ethyl adjacent to an activating group) is 1. The third-order valence-electron chi connectivity index (χ3n) is 7.47. The van der Waals surface area contributed by atoms with Crippen LogP contribution in [-0.4, -0.2) is 38.6 Å². The van der Waals surface area contributed by atoms with Crippen LogP contribution in [0.15, 0.2) is 16.9 Å². The number of hydrogen-bond acceptors (Lipinski definition) is 4. The van der Waals surface area contributed by atoms with E-state index in [4.69, 9.17) is 0 Å². The Bertz CT molecular complexity index is 1060. The van der Waals surface area contributed by atoms with Crippen molar-refractivity contribution in [3.05, 3.63) is 56.3 Å². The van der Waals surface area contributed by atoms with Gasteiger partial charge >= 0.3 is 5.56 Å². The van der Waals surface area contributed by atoms with Crippen molar-refractivity contribution in [3.63, 3.8) is 0 Å². The summed E-state index contributed by atoms with van der Waals surface area (Å²) in [5, 5.41) is 10.3. The van der Waals surface area contributed by atoms with Crippen molar-refractivity contribution < 1.29 is 9.90 Å². The Balaban J connectivity index is 1.86. The maximum atomic E-state index is 12.8. The molecule has 1 atom stereocenters. The fourth-order valence-electron chi connectivity index (χ4n) is 5.15. The molecule has 0 saturated heterocycles. The predicted molar refractivity (Wildman–Crippen MR) is 116 cm³/mol. The van der Waals surface area contributed by atoms with Crippen LogP contribution in [0.2, 0.25) is 0 Å². The molecule has 1 N–H and O–H groups in total. The Morgan fingerprint density at radius 2 is 1.73 bits per heavy atom. The molecule has 160 valence electrons. The molecule has 4 rings (SSSR count). The molecule has 0 unspecified atom stereocenters. The average molecular weight is 410 g/mol. The number of hydrogen-bond donors (Lipinski definition) is 1.